The van der Waals surface area contributed by atoms with Gasteiger partial charge in [0.05, 0.1) is 17.6 Å². The summed E-state index contributed by atoms with van der Waals surface area (Å²) in [4.78, 5) is 13.1. The molecule has 20 heavy (non-hydrogen) atoms. The van der Waals surface area contributed by atoms with Gasteiger partial charge in [0.1, 0.15) is 5.82 Å². The number of aromatic nitrogens is 2. The molecule has 104 valence electrons. The van der Waals surface area contributed by atoms with E-state index in [0.29, 0.717) is 0 Å². The van der Waals surface area contributed by atoms with Gasteiger partial charge in [0.2, 0.25) is 0 Å². The highest BCUT2D eigenvalue weighted by molar-refractivity contribution is 5.66. The third kappa shape index (κ3) is 2.52. The Labute approximate surface area is 119 Å². The van der Waals surface area contributed by atoms with E-state index in [4.69, 9.17) is 5.73 Å². The van der Waals surface area contributed by atoms with Crippen molar-refractivity contribution >= 4 is 17.2 Å². The molecule has 0 saturated carbocycles. The van der Waals surface area contributed by atoms with Crippen molar-refractivity contribution in [3.8, 4) is 0 Å². The fourth-order valence-electron chi connectivity index (χ4n) is 2.56. The first kappa shape index (κ1) is 12.7. The second kappa shape index (κ2) is 5.36. The molecule has 1 saturated heterocycles. The number of nitrogens with zero attached hydrogens (tertiary/aromatic N) is 4. The summed E-state index contributed by atoms with van der Waals surface area (Å²) in [6.45, 7) is 5.91. The zero-order chi connectivity index (χ0) is 13.9. The van der Waals surface area contributed by atoms with Crippen LogP contribution in [0.2, 0.25) is 0 Å². The predicted molar refractivity (Wildman–Crippen MR) is 82.0 cm³/mol. The molecule has 0 aliphatic carbocycles. The molecule has 0 aromatic carbocycles. The second-order valence-electron chi connectivity index (χ2n) is 5.10. The van der Waals surface area contributed by atoms with Gasteiger partial charge in [-0.05, 0) is 30.7 Å². The number of anilines is 3. The third-order valence-corrected chi connectivity index (χ3v) is 3.67. The van der Waals surface area contributed by atoms with E-state index in [9.17, 15) is 0 Å². The van der Waals surface area contributed by atoms with Crippen LogP contribution < -0.4 is 15.5 Å². The molecule has 2 aromatic heterocycles. The Morgan fingerprint density at radius 3 is 2.50 bits per heavy atom. The zero-order valence-electron chi connectivity index (χ0n) is 11.7. The molecule has 0 bridgehead atoms. The first-order valence-corrected chi connectivity index (χ1v) is 6.86. The summed E-state index contributed by atoms with van der Waals surface area (Å²) >= 11 is 0. The maximum Gasteiger partial charge on any atom is 0.128 e. The average Bonchev–Trinajstić information content (AvgIpc) is 2.48. The number of aryl methyl sites for hydroxylation is 1. The summed E-state index contributed by atoms with van der Waals surface area (Å²) in [5, 5.41) is 0. The maximum absolute atomic E-state index is 5.99. The summed E-state index contributed by atoms with van der Waals surface area (Å²) in [5.41, 5.74) is 9.06. The van der Waals surface area contributed by atoms with Crippen molar-refractivity contribution in [3.05, 3.63) is 42.4 Å². The number of nitrogens with two attached hydrogens (primary N) is 1. The number of rotatable bonds is 2. The van der Waals surface area contributed by atoms with Gasteiger partial charge in [-0.3, -0.25) is 4.98 Å². The minimum Gasteiger partial charge on any atom is -0.396 e. The molecule has 5 heteroatoms. The van der Waals surface area contributed by atoms with Crippen LogP contribution in [0.5, 0.6) is 0 Å². The normalized spacial score (nSPS) is 15.4. The van der Waals surface area contributed by atoms with Gasteiger partial charge in [-0.1, -0.05) is 0 Å². The van der Waals surface area contributed by atoms with Crippen LogP contribution in [0, 0.1) is 6.92 Å². The molecule has 3 heterocycles. The minimum atomic E-state index is 0.745. The summed E-state index contributed by atoms with van der Waals surface area (Å²) in [5.74, 6) is 1.06. The predicted octanol–water partition coefficient (Wildman–Crippen LogP) is 1.69. The molecule has 0 atom stereocenters. The Hall–Kier alpha value is -2.30. The lowest BCUT2D eigenvalue weighted by atomic mass is 10.2. The maximum atomic E-state index is 5.99. The van der Waals surface area contributed by atoms with E-state index in [1.54, 1.807) is 12.4 Å². The number of hydrogen-bond donors (Lipinski definition) is 1. The monoisotopic (exact) mass is 269 g/mol. The van der Waals surface area contributed by atoms with Crippen LogP contribution in [0.3, 0.4) is 0 Å². The van der Waals surface area contributed by atoms with Crippen LogP contribution in [-0.4, -0.2) is 36.1 Å². The molecule has 2 N–H and O–H groups in total. The highest BCUT2D eigenvalue weighted by atomic mass is 15.3. The van der Waals surface area contributed by atoms with Crippen LogP contribution in [0.1, 0.15) is 5.56 Å². The zero-order valence-corrected chi connectivity index (χ0v) is 11.7. The topological polar surface area (TPSA) is 58.3 Å². The summed E-state index contributed by atoms with van der Waals surface area (Å²) in [7, 11) is 0. The quantitative estimate of drug-likeness (QED) is 0.899. The first-order chi connectivity index (χ1) is 9.74. The molecule has 2 aromatic rings. The summed E-state index contributed by atoms with van der Waals surface area (Å²) in [6.07, 6.45) is 5.38. The number of pyridine rings is 2. The number of nitrogen functional groups attached to an aromatic ring is 1. The van der Waals surface area contributed by atoms with Gasteiger partial charge in [0.15, 0.2) is 0 Å². The van der Waals surface area contributed by atoms with Gasteiger partial charge >= 0.3 is 0 Å². The molecular weight excluding hydrogens is 250 g/mol. The fourth-order valence-corrected chi connectivity index (χ4v) is 2.56. The lowest BCUT2D eigenvalue weighted by Crippen LogP contribution is -2.47. The van der Waals surface area contributed by atoms with Crippen LogP contribution in [0.15, 0.2) is 36.8 Å². The van der Waals surface area contributed by atoms with Gasteiger partial charge < -0.3 is 15.5 Å². The molecule has 3 rings (SSSR count). The Bertz CT molecular complexity index is 590. The third-order valence-electron chi connectivity index (χ3n) is 3.67. The van der Waals surface area contributed by atoms with Crippen LogP contribution in [-0.2, 0) is 0 Å². The van der Waals surface area contributed by atoms with Gasteiger partial charge in [0, 0.05) is 38.6 Å². The van der Waals surface area contributed by atoms with Gasteiger partial charge in [-0.25, -0.2) is 4.98 Å². The first-order valence-electron chi connectivity index (χ1n) is 6.86. The molecule has 1 aliphatic rings. The van der Waals surface area contributed by atoms with E-state index in [0.717, 1.165) is 43.4 Å². The summed E-state index contributed by atoms with van der Waals surface area (Å²) in [6, 6.07) is 6.14. The van der Waals surface area contributed by atoms with E-state index in [1.165, 1.54) is 5.56 Å². The number of hydrogen-bond acceptors (Lipinski definition) is 5. The SMILES string of the molecule is Cc1ccnc(N2CCN(c3ccncc3N)CC2)c1. The Balaban J connectivity index is 1.70. The summed E-state index contributed by atoms with van der Waals surface area (Å²) < 4.78 is 0. The van der Waals surface area contributed by atoms with Crippen molar-refractivity contribution in [2.75, 3.05) is 41.7 Å². The Morgan fingerprint density at radius 1 is 1.05 bits per heavy atom. The van der Waals surface area contributed by atoms with Crippen molar-refractivity contribution in [3.63, 3.8) is 0 Å². The molecule has 0 radical (unpaired) electrons. The van der Waals surface area contributed by atoms with E-state index in [2.05, 4.69) is 32.8 Å². The van der Waals surface area contributed by atoms with E-state index in [1.807, 2.05) is 18.3 Å². The molecule has 5 nitrogen and oxygen atoms in total. The highest BCUT2D eigenvalue weighted by Gasteiger charge is 2.19. The standard InChI is InChI=1S/C15H19N5/c1-12-2-5-18-15(10-12)20-8-6-19(7-9-20)14-3-4-17-11-13(14)16/h2-5,10-11H,6-9,16H2,1H3. The van der Waals surface area contributed by atoms with Crippen LogP contribution in [0.25, 0.3) is 0 Å². The molecule has 0 amide bonds. The van der Waals surface area contributed by atoms with Crippen LogP contribution >= 0.6 is 0 Å². The smallest absolute Gasteiger partial charge is 0.128 e. The minimum absolute atomic E-state index is 0.745. The van der Waals surface area contributed by atoms with Gasteiger partial charge in [0.25, 0.3) is 0 Å². The van der Waals surface area contributed by atoms with Crippen molar-refractivity contribution in [2.45, 2.75) is 6.92 Å². The molecule has 0 spiro atoms. The van der Waals surface area contributed by atoms with Crippen molar-refractivity contribution < 1.29 is 0 Å². The lowest BCUT2D eigenvalue weighted by molar-refractivity contribution is 0.647. The Kier molecular flexibility index (Phi) is 3.41. The van der Waals surface area contributed by atoms with Crippen molar-refractivity contribution in [1.29, 1.82) is 0 Å². The largest absolute Gasteiger partial charge is 0.396 e. The van der Waals surface area contributed by atoms with Gasteiger partial charge in [-0.2, -0.15) is 0 Å². The molecular formula is C15H19N5. The molecule has 0 unspecified atom stereocenters. The highest BCUT2D eigenvalue weighted by Crippen LogP contribution is 2.24. The molecule has 1 fully saturated rings. The van der Waals surface area contributed by atoms with E-state index in [-0.39, 0.29) is 0 Å². The van der Waals surface area contributed by atoms with E-state index < -0.39 is 0 Å². The Morgan fingerprint density at radius 2 is 1.80 bits per heavy atom. The lowest BCUT2D eigenvalue weighted by Gasteiger charge is -2.37. The second-order valence-corrected chi connectivity index (χ2v) is 5.10. The van der Waals surface area contributed by atoms with Gasteiger partial charge in [-0.15, -0.1) is 0 Å². The van der Waals surface area contributed by atoms with Crippen LogP contribution in [0.4, 0.5) is 17.2 Å². The molecule has 1 aliphatic heterocycles. The van der Waals surface area contributed by atoms with E-state index >= 15 is 0 Å². The van der Waals surface area contributed by atoms with Crippen molar-refractivity contribution in [1.82, 2.24) is 9.97 Å². The average molecular weight is 269 g/mol. The van der Waals surface area contributed by atoms with Crippen molar-refractivity contribution in [2.24, 2.45) is 0 Å². The fraction of sp³-hybridized carbons (Fsp3) is 0.333. The number of piperazine rings is 1.